The summed E-state index contributed by atoms with van der Waals surface area (Å²) in [5, 5.41) is 10.5. The molecule has 5 heteroatoms. The van der Waals surface area contributed by atoms with Gasteiger partial charge in [0.1, 0.15) is 5.75 Å². The van der Waals surface area contributed by atoms with Gasteiger partial charge in [0.15, 0.2) is 6.10 Å². The smallest absolute Gasteiger partial charge is 0.259 e. The summed E-state index contributed by atoms with van der Waals surface area (Å²) >= 11 is 6.18. The third-order valence-electron chi connectivity index (χ3n) is 3.64. The molecule has 0 aliphatic carbocycles. The maximum Gasteiger partial charge on any atom is 0.259 e. The molecule has 3 rings (SSSR count). The normalized spacial score (nSPS) is 21.1. The topological polar surface area (TPSA) is 49.8 Å². The van der Waals surface area contributed by atoms with Crippen LogP contribution in [0.1, 0.15) is 11.6 Å². The number of nitrogens with zero attached hydrogens (tertiary/aromatic N) is 1. The lowest BCUT2D eigenvalue weighted by atomic mass is 9.90. The highest BCUT2D eigenvalue weighted by atomic mass is 35.5. The predicted octanol–water partition coefficient (Wildman–Crippen LogP) is 2.80. The largest absolute Gasteiger partial charge is 0.497 e. The van der Waals surface area contributed by atoms with E-state index in [4.69, 9.17) is 16.3 Å². The van der Waals surface area contributed by atoms with Crippen molar-refractivity contribution >= 4 is 23.2 Å². The van der Waals surface area contributed by atoms with Crippen molar-refractivity contribution in [3.05, 3.63) is 59.1 Å². The van der Waals surface area contributed by atoms with E-state index in [1.165, 1.54) is 0 Å². The summed E-state index contributed by atoms with van der Waals surface area (Å²) in [5.41, 5.74) is 1.44. The zero-order valence-corrected chi connectivity index (χ0v) is 12.1. The molecule has 1 fully saturated rings. The van der Waals surface area contributed by atoms with Gasteiger partial charge in [0, 0.05) is 10.7 Å². The fourth-order valence-electron chi connectivity index (χ4n) is 2.53. The van der Waals surface area contributed by atoms with Crippen molar-refractivity contribution in [2.45, 2.75) is 12.1 Å². The Labute approximate surface area is 127 Å². The van der Waals surface area contributed by atoms with E-state index >= 15 is 0 Å². The van der Waals surface area contributed by atoms with Crippen LogP contribution in [0.15, 0.2) is 48.5 Å². The molecule has 21 heavy (non-hydrogen) atoms. The third-order valence-corrected chi connectivity index (χ3v) is 3.99. The minimum atomic E-state index is -1.06. The summed E-state index contributed by atoms with van der Waals surface area (Å²) in [6.45, 7) is 0. The monoisotopic (exact) mass is 303 g/mol. The minimum absolute atomic E-state index is 0.329. The first-order chi connectivity index (χ1) is 10.1. The van der Waals surface area contributed by atoms with Crippen LogP contribution in [0.2, 0.25) is 5.02 Å². The summed E-state index contributed by atoms with van der Waals surface area (Å²) < 4.78 is 5.11. The number of ether oxygens (including phenoxy) is 1. The molecule has 2 aromatic rings. The highest BCUT2D eigenvalue weighted by Gasteiger charge is 2.48. The maximum absolute atomic E-state index is 12.0. The van der Waals surface area contributed by atoms with Gasteiger partial charge in [-0.05, 0) is 35.9 Å². The molecule has 1 N–H and O–H groups in total. The van der Waals surface area contributed by atoms with E-state index in [1.54, 1.807) is 42.3 Å². The fraction of sp³-hybridized carbons (Fsp3) is 0.188. The summed E-state index contributed by atoms with van der Waals surface area (Å²) in [6.07, 6.45) is -1.06. The van der Waals surface area contributed by atoms with Gasteiger partial charge in [-0.3, -0.25) is 9.69 Å². The molecule has 1 aliphatic heterocycles. The van der Waals surface area contributed by atoms with Crippen LogP contribution in [0.25, 0.3) is 0 Å². The Hall–Kier alpha value is -2.04. The molecule has 2 aromatic carbocycles. The van der Waals surface area contributed by atoms with Crippen molar-refractivity contribution in [1.29, 1.82) is 0 Å². The average Bonchev–Trinajstić information content (AvgIpc) is 2.53. The van der Waals surface area contributed by atoms with E-state index in [0.717, 1.165) is 5.56 Å². The molecule has 0 radical (unpaired) electrons. The number of carbonyl (C=O) groups is 1. The molecule has 0 saturated carbocycles. The zero-order valence-electron chi connectivity index (χ0n) is 11.4. The Bertz CT molecular complexity index is 671. The van der Waals surface area contributed by atoms with E-state index in [-0.39, 0.29) is 5.91 Å². The van der Waals surface area contributed by atoms with Gasteiger partial charge in [0.2, 0.25) is 0 Å². The van der Waals surface area contributed by atoms with Crippen molar-refractivity contribution in [1.82, 2.24) is 0 Å². The van der Waals surface area contributed by atoms with Crippen molar-refractivity contribution < 1.29 is 14.6 Å². The Kier molecular flexibility index (Phi) is 3.57. The third kappa shape index (κ3) is 2.26. The lowest BCUT2D eigenvalue weighted by Crippen LogP contribution is -2.59. The zero-order chi connectivity index (χ0) is 15.0. The van der Waals surface area contributed by atoms with E-state index in [9.17, 15) is 9.90 Å². The quantitative estimate of drug-likeness (QED) is 0.887. The lowest BCUT2D eigenvalue weighted by molar-refractivity contribution is -0.137. The van der Waals surface area contributed by atoms with Gasteiger partial charge < -0.3 is 9.84 Å². The van der Waals surface area contributed by atoms with E-state index in [0.29, 0.717) is 16.5 Å². The molecular weight excluding hydrogens is 290 g/mol. The predicted molar refractivity (Wildman–Crippen MR) is 80.7 cm³/mol. The van der Waals surface area contributed by atoms with Crippen molar-refractivity contribution in [2.24, 2.45) is 0 Å². The van der Waals surface area contributed by atoms with Crippen LogP contribution in [-0.2, 0) is 4.79 Å². The molecule has 4 nitrogen and oxygen atoms in total. The second-order valence-corrected chi connectivity index (χ2v) is 5.22. The number of rotatable bonds is 3. The van der Waals surface area contributed by atoms with Gasteiger partial charge in [0.25, 0.3) is 5.91 Å². The molecule has 0 spiro atoms. The summed E-state index contributed by atoms with van der Waals surface area (Å²) in [5.74, 6) is 0.381. The second kappa shape index (κ2) is 5.39. The Balaban J connectivity index is 1.96. The van der Waals surface area contributed by atoms with E-state index in [1.807, 2.05) is 18.2 Å². The van der Waals surface area contributed by atoms with Crippen LogP contribution in [-0.4, -0.2) is 24.2 Å². The molecular formula is C16H14ClNO3. The van der Waals surface area contributed by atoms with Gasteiger partial charge in [-0.15, -0.1) is 0 Å². The summed E-state index contributed by atoms with van der Waals surface area (Å²) in [4.78, 5) is 13.6. The fourth-order valence-corrected chi connectivity index (χ4v) is 2.78. The summed E-state index contributed by atoms with van der Waals surface area (Å²) in [6, 6.07) is 13.9. The number of aliphatic hydroxyl groups excluding tert-OH is 1. The molecule has 2 atom stereocenters. The van der Waals surface area contributed by atoms with E-state index < -0.39 is 12.1 Å². The highest BCUT2D eigenvalue weighted by Crippen LogP contribution is 2.41. The molecule has 1 saturated heterocycles. The maximum atomic E-state index is 12.0. The number of benzene rings is 2. The van der Waals surface area contributed by atoms with Gasteiger partial charge >= 0.3 is 0 Å². The number of anilines is 1. The number of hydrogen-bond donors (Lipinski definition) is 1. The number of amides is 1. The molecule has 0 bridgehead atoms. The van der Waals surface area contributed by atoms with Gasteiger partial charge in [-0.1, -0.05) is 29.8 Å². The van der Waals surface area contributed by atoms with E-state index in [2.05, 4.69) is 0 Å². The van der Waals surface area contributed by atoms with Crippen LogP contribution in [0.5, 0.6) is 5.75 Å². The minimum Gasteiger partial charge on any atom is -0.497 e. The van der Waals surface area contributed by atoms with Crippen molar-refractivity contribution in [3.63, 3.8) is 0 Å². The van der Waals surface area contributed by atoms with Gasteiger partial charge in [0.05, 0.1) is 13.2 Å². The first kappa shape index (κ1) is 13.9. The van der Waals surface area contributed by atoms with Crippen LogP contribution in [0.4, 0.5) is 5.69 Å². The number of β-lactam (4-membered cyclic amide) rings is 1. The number of halogens is 1. The Morgan fingerprint density at radius 3 is 2.43 bits per heavy atom. The molecule has 108 valence electrons. The Morgan fingerprint density at radius 2 is 1.81 bits per heavy atom. The average molecular weight is 304 g/mol. The second-order valence-electron chi connectivity index (χ2n) is 4.82. The molecule has 1 aliphatic rings. The number of hydrogen-bond acceptors (Lipinski definition) is 3. The standard InChI is InChI=1S/C16H14ClNO3/c1-21-11-8-6-10(7-9-11)18-14(15(19)16(18)20)12-4-2-3-5-13(12)17/h2-9,14-15,19H,1H3. The number of aliphatic hydroxyl groups is 1. The van der Waals surface area contributed by atoms with Crippen molar-refractivity contribution in [2.75, 3.05) is 12.0 Å². The molecule has 1 heterocycles. The first-order valence-corrected chi connectivity index (χ1v) is 6.91. The lowest BCUT2D eigenvalue weighted by Gasteiger charge is -2.45. The van der Waals surface area contributed by atoms with Crippen LogP contribution in [0, 0.1) is 0 Å². The molecule has 2 unspecified atom stereocenters. The first-order valence-electron chi connectivity index (χ1n) is 6.53. The van der Waals surface area contributed by atoms with Gasteiger partial charge in [-0.2, -0.15) is 0 Å². The SMILES string of the molecule is COc1ccc(N2C(=O)C(O)C2c2ccccc2Cl)cc1. The van der Waals surface area contributed by atoms with Crippen LogP contribution < -0.4 is 9.64 Å². The van der Waals surface area contributed by atoms with Crippen LogP contribution in [0.3, 0.4) is 0 Å². The Morgan fingerprint density at radius 1 is 1.14 bits per heavy atom. The molecule has 0 aromatic heterocycles. The molecule has 1 amide bonds. The van der Waals surface area contributed by atoms with Gasteiger partial charge in [-0.25, -0.2) is 0 Å². The number of carbonyl (C=O) groups excluding carboxylic acids is 1. The number of methoxy groups -OCH3 is 1. The summed E-state index contributed by atoms with van der Waals surface area (Å²) in [7, 11) is 1.58. The highest BCUT2D eigenvalue weighted by molar-refractivity contribution is 6.31. The van der Waals surface area contributed by atoms with Crippen LogP contribution >= 0.6 is 11.6 Å². The van der Waals surface area contributed by atoms with Crippen molar-refractivity contribution in [3.8, 4) is 5.75 Å².